The third-order valence-corrected chi connectivity index (χ3v) is 2.85. The average Bonchev–Trinajstić information content (AvgIpc) is 2.83. The Hall–Kier alpha value is -0.940. The van der Waals surface area contributed by atoms with Crippen LogP contribution in [0.15, 0.2) is 4.52 Å². The zero-order valence-electron chi connectivity index (χ0n) is 9.85. The molecule has 5 heteroatoms. The van der Waals surface area contributed by atoms with Gasteiger partial charge in [0.05, 0.1) is 6.10 Å². The van der Waals surface area contributed by atoms with Gasteiger partial charge < -0.3 is 15.0 Å². The van der Waals surface area contributed by atoms with Crippen molar-refractivity contribution >= 4 is 0 Å². The van der Waals surface area contributed by atoms with Crippen molar-refractivity contribution in [3.63, 3.8) is 0 Å². The molecule has 0 amide bonds. The summed E-state index contributed by atoms with van der Waals surface area (Å²) in [5.41, 5.74) is 5.81. The van der Waals surface area contributed by atoms with Crippen LogP contribution in [0.4, 0.5) is 0 Å². The van der Waals surface area contributed by atoms with Gasteiger partial charge in [-0.1, -0.05) is 19.0 Å². The van der Waals surface area contributed by atoms with E-state index < -0.39 is 0 Å². The predicted molar refractivity (Wildman–Crippen MR) is 58.8 cm³/mol. The van der Waals surface area contributed by atoms with Gasteiger partial charge in [-0.2, -0.15) is 4.98 Å². The lowest BCUT2D eigenvalue weighted by molar-refractivity contribution is 0.0399. The van der Waals surface area contributed by atoms with Crippen molar-refractivity contribution in [3.05, 3.63) is 11.7 Å². The van der Waals surface area contributed by atoms with Crippen LogP contribution in [0, 0.1) is 0 Å². The van der Waals surface area contributed by atoms with Crippen LogP contribution in [0.3, 0.4) is 0 Å². The summed E-state index contributed by atoms with van der Waals surface area (Å²) in [4.78, 5) is 4.26. The summed E-state index contributed by atoms with van der Waals surface area (Å²) in [5, 5.41) is 3.88. The molecule has 5 nitrogen and oxygen atoms in total. The first-order valence-electron chi connectivity index (χ1n) is 5.85. The molecule has 0 aromatic carbocycles. The van der Waals surface area contributed by atoms with Crippen LogP contribution in [-0.4, -0.2) is 22.3 Å². The highest BCUT2D eigenvalue weighted by atomic mass is 16.5. The Morgan fingerprint density at radius 2 is 2.31 bits per heavy atom. The topological polar surface area (TPSA) is 74.2 Å². The second kappa shape index (κ2) is 4.93. The van der Waals surface area contributed by atoms with E-state index in [1.165, 1.54) is 0 Å². The normalized spacial score (nSPS) is 25.5. The highest BCUT2D eigenvalue weighted by Gasteiger charge is 2.22. The summed E-state index contributed by atoms with van der Waals surface area (Å²) in [6.07, 6.45) is 3.29. The van der Waals surface area contributed by atoms with Gasteiger partial charge in [0.25, 0.3) is 0 Å². The SMILES string of the molecule is CC(C)c1nc(COC2CCC(N)C2)no1. The van der Waals surface area contributed by atoms with Gasteiger partial charge in [-0.3, -0.25) is 0 Å². The maximum atomic E-state index is 5.81. The monoisotopic (exact) mass is 225 g/mol. The van der Waals surface area contributed by atoms with Crippen LogP contribution in [0.5, 0.6) is 0 Å². The van der Waals surface area contributed by atoms with Gasteiger partial charge in [-0.15, -0.1) is 0 Å². The van der Waals surface area contributed by atoms with Crippen molar-refractivity contribution < 1.29 is 9.26 Å². The van der Waals surface area contributed by atoms with Gasteiger partial charge in [-0.25, -0.2) is 0 Å². The fourth-order valence-corrected chi connectivity index (χ4v) is 1.88. The Morgan fingerprint density at radius 1 is 1.50 bits per heavy atom. The second-order valence-electron chi connectivity index (χ2n) is 4.71. The minimum absolute atomic E-state index is 0.260. The molecule has 2 rings (SSSR count). The molecule has 1 fully saturated rings. The number of nitrogens with two attached hydrogens (primary N) is 1. The van der Waals surface area contributed by atoms with E-state index in [0.29, 0.717) is 24.4 Å². The van der Waals surface area contributed by atoms with E-state index in [1.54, 1.807) is 0 Å². The minimum Gasteiger partial charge on any atom is -0.370 e. The van der Waals surface area contributed by atoms with Gasteiger partial charge >= 0.3 is 0 Å². The number of aromatic nitrogens is 2. The highest BCUT2D eigenvalue weighted by Crippen LogP contribution is 2.21. The summed E-state index contributed by atoms with van der Waals surface area (Å²) >= 11 is 0. The summed E-state index contributed by atoms with van der Waals surface area (Å²) in [5.74, 6) is 1.56. The molecule has 1 saturated carbocycles. The second-order valence-corrected chi connectivity index (χ2v) is 4.71. The summed E-state index contributed by atoms with van der Waals surface area (Å²) in [6, 6.07) is 0.293. The van der Waals surface area contributed by atoms with Gasteiger partial charge in [0.15, 0.2) is 5.82 Å². The zero-order valence-corrected chi connectivity index (χ0v) is 9.85. The Balaban J connectivity index is 1.80. The average molecular weight is 225 g/mol. The first-order chi connectivity index (χ1) is 7.65. The molecule has 0 spiro atoms. The van der Waals surface area contributed by atoms with Crippen LogP contribution in [0.1, 0.15) is 50.7 Å². The molecule has 1 aromatic rings. The lowest BCUT2D eigenvalue weighted by atomic mass is 10.2. The van der Waals surface area contributed by atoms with E-state index in [0.717, 1.165) is 19.3 Å². The molecule has 0 radical (unpaired) electrons. The molecule has 0 saturated heterocycles. The van der Waals surface area contributed by atoms with E-state index in [1.807, 2.05) is 13.8 Å². The quantitative estimate of drug-likeness (QED) is 0.842. The van der Waals surface area contributed by atoms with Crippen LogP contribution in [0.2, 0.25) is 0 Å². The van der Waals surface area contributed by atoms with E-state index in [4.69, 9.17) is 15.0 Å². The number of hydrogen-bond acceptors (Lipinski definition) is 5. The standard InChI is InChI=1S/C11H19N3O2/c1-7(2)11-13-10(14-16-11)6-15-9-4-3-8(12)5-9/h7-9H,3-6,12H2,1-2H3. The van der Waals surface area contributed by atoms with Crippen molar-refractivity contribution in [2.75, 3.05) is 0 Å². The third kappa shape index (κ3) is 2.80. The fourth-order valence-electron chi connectivity index (χ4n) is 1.88. The van der Waals surface area contributed by atoms with Crippen molar-refractivity contribution in [1.29, 1.82) is 0 Å². The molecule has 1 aliphatic rings. The summed E-state index contributed by atoms with van der Waals surface area (Å²) in [6.45, 7) is 4.47. The predicted octanol–water partition coefficient (Wildman–Crippen LogP) is 1.59. The molecule has 16 heavy (non-hydrogen) atoms. The third-order valence-electron chi connectivity index (χ3n) is 2.85. The maximum Gasteiger partial charge on any atom is 0.229 e. The molecular formula is C11H19N3O2. The van der Waals surface area contributed by atoms with E-state index in [-0.39, 0.29) is 12.0 Å². The van der Waals surface area contributed by atoms with Gasteiger partial charge in [0.1, 0.15) is 6.61 Å². The number of ether oxygens (including phenoxy) is 1. The molecule has 2 unspecified atom stereocenters. The van der Waals surface area contributed by atoms with Crippen molar-refractivity contribution in [3.8, 4) is 0 Å². The van der Waals surface area contributed by atoms with Crippen LogP contribution in [-0.2, 0) is 11.3 Å². The molecular weight excluding hydrogens is 206 g/mol. The summed E-state index contributed by atoms with van der Waals surface area (Å²) < 4.78 is 10.8. The largest absolute Gasteiger partial charge is 0.370 e. The van der Waals surface area contributed by atoms with Crippen molar-refractivity contribution in [1.82, 2.24) is 10.1 Å². The lowest BCUT2D eigenvalue weighted by Crippen LogP contribution is -2.17. The Morgan fingerprint density at radius 3 is 2.88 bits per heavy atom. The molecule has 1 aromatic heterocycles. The van der Waals surface area contributed by atoms with E-state index in [2.05, 4.69) is 10.1 Å². The first-order valence-corrected chi connectivity index (χ1v) is 5.85. The van der Waals surface area contributed by atoms with E-state index in [9.17, 15) is 0 Å². The molecule has 0 aliphatic heterocycles. The highest BCUT2D eigenvalue weighted by molar-refractivity contribution is 4.89. The molecule has 1 aliphatic carbocycles. The molecule has 0 bridgehead atoms. The molecule has 2 atom stereocenters. The fraction of sp³-hybridized carbons (Fsp3) is 0.818. The molecule has 1 heterocycles. The Bertz CT molecular complexity index is 338. The number of hydrogen-bond donors (Lipinski definition) is 1. The smallest absolute Gasteiger partial charge is 0.229 e. The zero-order chi connectivity index (χ0) is 11.5. The number of rotatable bonds is 4. The minimum atomic E-state index is 0.260. The lowest BCUT2D eigenvalue weighted by Gasteiger charge is -2.08. The Labute approximate surface area is 95.3 Å². The van der Waals surface area contributed by atoms with Crippen LogP contribution in [0.25, 0.3) is 0 Å². The molecule has 90 valence electrons. The van der Waals surface area contributed by atoms with Crippen LogP contribution < -0.4 is 5.73 Å². The van der Waals surface area contributed by atoms with Crippen molar-refractivity contribution in [2.24, 2.45) is 5.73 Å². The first kappa shape index (κ1) is 11.5. The van der Waals surface area contributed by atoms with Crippen LogP contribution >= 0.6 is 0 Å². The van der Waals surface area contributed by atoms with Gasteiger partial charge in [-0.05, 0) is 19.3 Å². The summed E-state index contributed by atoms with van der Waals surface area (Å²) in [7, 11) is 0. The Kier molecular flexibility index (Phi) is 3.56. The maximum absolute atomic E-state index is 5.81. The van der Waals surface area contributed by atoms with E-state index >= 15 is 0 Å². The van der Waals surface area contributed by atoms with Gasteiger partial charge in [0.2, 0.25) is 5.89 Å². The number of nitrogens with zero attached hydrogens (tertiary/aromatic N) is 2. The van der Waals surface area contributed by atoms with Crippen molar-refractivity contribution in [2.45, 2.75) is 57.8 Å². The molecule has 2 N–H and O–H groups in total. The van der Waals surface area contributed by atoms with Gasteiger partial charge in [0, 0.05) is 12.0 Å².